The van der Waals surface area contributed by atoms with Gasteiger partial charge in [0.2, 0.25) is 11.2 Å². The van der Waals surface area contributed by atoms with Gasteiger partial charge in [-0.1, -0.05) is 48.5 Å². The Morgan fingerprint density at radius 3 is 2.33 bits per heavy atom. The van der Waals surface area contributed by atoms with Crippen LogP contribution >= 0.6 is 0 Å². The minimum Gasteiger partial charge on any atom is -0.482 e. The summed E-state index contributed by atoms with van der Waals surface area (Å²) in [5, 5.41) is 12.6. The lowest BCUT2D eigenvalue weighted by atomic mass is 9.91. The standard InChI is InChI=1S/C24H21NO5/c26-22-9-21(12-25-10-18-3-1-2-4-19(18)11-25)29-14-23(22)30-13-17-5-7-20(8-6-17)24(27)15-28-16-24/h1-11,14,27H,12-13,15-16H2. The first-order valence-corrected chi connectivity index (χ1v) is 9.78. The van der Waals surface area contributed by atoms with E-state index < -0.39 is 5.60 Å². The molecule has 3 heterocycles. The average Bonchev–Trinajstić information content (AvgIpc) is 3.14. The molecule has 0 saturated carbocycles. The first-order valence-electron chi connectivity index (χ1n) is 9.78. The van der Waals surface area contributed by atoms with E-state index in [2.05, 4.69) is 0 Å². The van der Waals surface area contributed by atoms with E-state index in [1.807, 2.05) is 65.5 Å². The van der Waals surface area contributed by atoms with Crippen molar-refractivity contribution in [3.8, 4) is 5.75 Å². The number of aromatic nitrogens is 1. The van der Waals surface area contributed by atoms with E-state index in [0.29, 0.717) is 25.5 Å². The molecule has 6 heteroatoms. The molecule has 0 aliphatic carbocycles. The van der Waals surface area contributed by atoms with E-state index in [-0.39, 0.29) is 17.8 Å². The smallest absolute Gasteiger partial charge is 0.227 e. The fraction of sp³-hybridized carbons (Fsp3) is 0.208. The van der Waals surface area contributed by atoms with Crippen LogP contribution in [0.2, 0.25) is 0 Å². The van der Waals surface area contributed by atoms with Crippen molar-refractivity contribution in [1.29, 1.82) is 0 Å². The van der Waals surface area contributed by atoms with Crippen molar-refractivity contribution in [2.24, 2.45) is 0 Å². The number of nitrogens with zero attached hydrogens (tertiary/aromatic N) is 1. The molecule has 2 aromatic heterocycles. The van der Waals surface area contributed by atoms with Crippen LogP contribution < -0.4 is 10.2 Å². The zero-order valence-corrected chi connectivity index (χ0v) is 16.3. The van der Waals surface area contributed by atoms with Crippen LogP contribution in [0.4, 0.5) is 0 Å². The van der Waals surface area contributed by atoms with Crippen molar-refractivity contribution >= 4 is 10.8 Å². The summed E-state index contributed by atoms with van der Waals surface area (Å²) in [7, 11) is 0. The Labute approximate surface area is 172 Å². The molecule has 0 radical (unpaired) electrons. The van der Waals surface area contributed by atoms with Crippen molar-refractivity contribution in [1.82, 2.24) is 4.57 Å². The molecule has 1 fully saturated rings. The summed E-state index contributed by atoms with van der Waals surface area (Å²) in [5.74, 6) is 0.736. The maximum absolute atomic E-state index is 12.4. The summed E-state index contributed by atoms with van der Waals surface area (Å²) in [6, 6.07) is 17.0. The SMILES string of the molecule is O=c1cc(Cn2cc3ccccc3c2)occ1OCc1ccc(C2(O)COC2)cc1. The average molecular weight is 403 g/mol. The molecule has 6 nitrogen and oxygen atoms in total. The molecule has 1 aliphatic rings. The molecule has 5 rings (SSSR count). The van der Waals surface area contributed by atoms with E-state index in [0.717, 1.165) is 21.9 Å². The monoisotopic (exact) mass is 403 g/mol. The normalized spacial score (nSPS) is 15.1. The molecule has 0 spiro atoms. The third kappa shape index (κ3) is 3.63. The quantitative estimate of drug-likeness (QED) is 0.534. The van der Waals surface area contributed by atoms with Crippen LogP contribution in [0.1, 0.15) is 16.9 Å². The molecule has 0 unspecified atom stereocenters. The van der Waals surface area contributed by atoms with Gasteiger partial charge in [-0.3, -0.25) is 4.79 Å². The topological polar surface area (TPSA) is 73.8 Å². The number of rotatable bonds is 6. The molecule has 0 atom stereocenters. The molecule has 0 bridgehead atoms. The number of hydrogen-bond acceptors (Lipinski definition) is 5. The summed E-state index contributed by atoms with van der Waals surface area (Å²) in [6.07, 6.45) is 5.41. The highest BCUT2D eigenvalue weighted by molar-refractivity contribution is 5.82. The number of fused-ring (bicyclic) bond motifs is 1. The molecular weight excluding hydrogens is 382 g/mol. The van der Waals surface area contributed by atoms with Gasteiger partial charge in [-0.05, 0) is 21.9 Å². The summed E-state index contributed by atoms with van der Waals surface area (Å²) < 4.78 is 18.3. The summed E-state index contributed by atoms with van der Waals surface area (Å²) in [6.45, 7) is 1.34. The van der Waals surface area contributed by atoms with Crippen molar-refractivity contribution < 1.29 is 19.0 Å². The summed E-state index contributed by atoms with van der Waals surface area (Å²) >= 11 is 0. The van der Waals surface area contributed by atoms with Crippen LogP contribution in [0.25, 0.3) is 10.8 Å². The largest absolute Gasteiger partial charge is 0.482 e. The summed E-state index contributed by atoms with van der Waals surface area (Å²) in [5.41, 5.74) is 0.608. The van der Waals surface area contributed by atoms with Gasteiger partial charge in [0.05, 0.1) is 19.8 Å². The highest BCUT2D eigenvalue weighted by Crippen LogP contribution is 2.29. The van der Waals surface area contributed by atoms with E-state index in [1.165, 1.54) is 12.3 Å². The fourth-order valence-corrected chi connectivity index (χ4v) is 3.57. The van der Waals surface area contributed by atoms with Crippen LogP contribution in [0, 0.1) is 0 Å². The van der Waals surface area contributed by atoms with Crippen molar-refractivity contribution in [2.45, 2.75) is 18.8 Å². The minimum atomic E-state index is -0.887. The Hall–Kier alpha value is -3.35. The Morgan fingerprint density at radius 1 is 1.03 bits per heavy atom. The number of hydrogen-bond donors (Lipinski definition) is 1. The highest BCUT2D eigenvalue weighted by Gasteiger charge is 2.37. The lowest BCUT2D eigenvalue weighted by molar-refractivity contribution is -0.184. The second-order valence-corrected chi connectivity index (χ2v) is 7.64. The molecule has 1 saturated heterocycles. The van der Waals surface area contributed by atoms with E-state index >= 15 is 0 Å². The van der Waals surface area contributed by atoms with Crippen molar-refractivity contribution in [2.75, 3.05) is 13.2 Å². The first kappa shape index (κ1) is 18.7. The minimum absolute atomic E-state index is 0.173. The number of ether oxygens (including phenoxy) is 2. The Kier molecular flexibility index (Phi) is 4.65. The summed E-state index contributed by atoms with van der Waals surface area (Å²) in [4.78, 5) is 12.4. The van der Waals surface area contributed by atoms with Gasteiger partial charge in [0, 0.05) is 18.5 Å². The number of benzene rings is 2. The van der Waals surface area contributed by atoms with Crippen LogP contribution in [0.3, 0.4) is 0 Å². The predicted octanol–water partition coefficient (Wildman–Crippen LogP) is 3.44. The van der Waals surface area contributed by atoms with Gasteiger partial charge < -0.3 is 23.6 Å². The first-order chi connectivity index (χ1) is 14.6. The van der Waals surface area contributed by atoms with Gasteiger partial charge in [0.1, 0.15) is 24.2 Å². The van der Waals surface area contributed by atoms with Gasteiger partial charge in [-0.25, -0.2) is 0 Å². The molecular formula is C24H21NO5. The van der Waals surface area contributed by atoms with E-state index in [4.69, 9.17) is 13.9 Å². The third-order valence-corrected chi connectivity index (χ3v) is 5.36. The molecule has 30 heavy (non-hydrogen) atoms. The Balaban J connectivity index is 1.24. The maximum Gasteiger partial charge on any atom is 0.227 e. The molecule has 1 N–H and O–H groups in total. The van der Waals surface area contributed by atoms with Gasteiger partial charge >= 0.3 is 0 Å². The highest BCUT2D eigenvalue weighted by atomic mass is 16.5. The van der Waals surface area contributed by atoms with Crippen molar-refractivity contribution in [3.63, 3.8) is 0 Å². The van der Waals surface area contributed by atoms with Gasteiger partial charge in [-0.2, -0.15) is 0 Å². The predicted molar refractivity (Wildman–Crippen MR) is 112 cm³/mol. The molecule has 0 amide bonds. The zero-order valence-electron chi connectivity index (χ0n) is 16.3. The van der Waals surface area contributed by atoms with Crippen LogP contribution in [0.15, 0.2) is 82.5 Å². The lowest BCUT2D eigenvalue weighted by Gasteiger charge is -2.36. The Bertz CT molecular complexity index is 1200. The molecule has 1 aliphatic heterocycles. The number of aliphatic hydroxyl groups is 1. The van der Waals surface area contributed by atoms with Gasteiger partial charge in [0.25, 0.3) is 0 Å². The second kappa shape index (κ2) is 7.48. The van der Waals surface area contributed by atoms with E-state index in [1.54, 1.807) is 0 Å². The molecule has 152 valence electrons. The molecule has 2 aromatic carbocycles. The van der Waals surface area contributed by atoms with Gasteiger partial charge in [0.15, 0.2) is 0 Å². The Morgan fingerprint density at radius 2 is 1.73 bits per heavy atom. The van der Waals surface area contributed by atoms with Gasteiger partial charge in [-0.15, -0.1) is 0 Å². The zero-order chi connectivity index (χ0) is 20.6. The maximum atomic E-state index is 12.4. The fourth-order valence-electron chi connectivity index (χ4n) is 3.57. The van der Waals surface area contributed by atoms with Crippen molar-refractivity contribution in [3.05, 3.63) is 100 Å². The van der Waals surface area contributed by atoms with Crippen LogP contribution in [-0.4, -0.2) is 22.9 Å². The van der Waals surface area contributed by atoms with Crippen LogP contribution in [0.5, 0.6) is 5.75 Å². The van der Waals surface area contributed by atoms with Crippen LogP contribution in [-0.2, 0) is 23.5 Å². The lowest BCUT2D eigenvalue weighted by Crippen LogP contribution is -2.46. The van der Waals surface area contributed by atoms with E-state index in [9.17, 15) is 9.90 Å². The third-order valence-electron chi connectivity index (χ3n) is 5.36. The second-order valence-electron chi connectivity index (χ2n) is 7.64. The molecule has 4 aromatic rings.